The smallest absolute Gasteiger partial charge is 0.300 e. The van der Waals surface area contributed by atoms with E-state index in [4.69, 9.17) is 9.47 Å². The number of amides is 1. The second-order valence-corrected chi connectivity index (χ2v) is 9.55. The molecule has 3 aromatic rings. The van der Waals surface area contributed by atoms with Gasteiger partial charge in [0.25, 0.3) is 11.7 Å². The maximum Gasteiger partial charge on any atom is 0.300 e. The van der Waals surface area contributed by atoms with Gasteiger partial charge in [0.15, 0.2) is 0 Å². The molecule has 1 atom stereocenters. The first-order valence-corrected chi connectivity index (χ1v) is 12.5. The Bertz CT molecular complexity index is 1370. The molecule has 6 heteroatoms. The Morgan fingerprint density at radius 3 is 2.27 bits per heavy atom. The lowest BCUT2D eigenvalue weighted by Crippen LogP contribution is -2.29. The monoisotopic (exact) mass is 499 g/mol. The van der Waals surface area contributed by atoms with Crippen LogP contribution in [-0.4, -0.2) is 30.5 Å². The molecule has 1 saturated heterocycles. The van der Waals surface area contributed by atoms with Gasteiger partial charge in [-0.15, -0.1) is 0 Å². The van der Waals surface area contributed by atoms with Crippen LogP contribution in [0.4, 0.5) is 5.69 Å². The third-order valence-corrected chi connectivity index (χ3v) is 6.85. The maximum atomic E-state index is 13.5. The van der Waals surface area contributed by atoms with Crippen molar-refractivity contribution in [2.24, 2.45) is 0 Å². The summed E-state index contributed by atoms with van der Waals surface area (Å²) in [5, 5.41) is 11.5. The van der Waals surface area contributed by atoms with Crippen molar-refractivity contribution in [2.45, 2.75) is 46.6 Å². The van der Waals surface area contributed by atoms with Crippen molar-refractivity contribution in [3.63, 3.8) is 0 Å². The average Bonchev–Trinajstić information content (AvgIpc) is 3.15. The number of benzene rings is 3. The van der Waals surface area contributed by atoms with Crippen molar-refractivity contribution >= 4 is 23.1 Å². The van der Waals surface area contributed by atoms with Crippen molar-refractivity contribution in [3.8, 4) is 11.5 Å². The molecule has 1 heterocycles. The Morgan fingerprint density at radius 1 is 0.973 bits per heavy atom. The van der Waals surface area contributed by atoms with Crippen LogP contribution in [0.2, 0.25) is 0 Å². The molecule has 37 heavy (non-hydrogen) atoms. The van der Waals surface area contributed by atoms with Crippen molar-refractivity contribution in [1.29, 1.82) is 0 Å². The minimum absolute atomic E-state index is 0.0484. The lowest BCUT2D eigenvalue weighted by Gasteiger charge is -2.26. The van der Waals surface area contributed by atoms with Crippen LogP contribution >= 0.6 is 0 Å². The van der Waals surface area contributed by atoms with Crippen LogP contribution in [0.25, 0.3) is 5.76 Å². The molecule has 0 bridgehead atoms. The molecule has 1 amide bonds. The molecule has 6 nitrogen and oxygen atoms in total. The van der Waals surface area contributed by atoms with Gasteiger partial charge in [0.2, 0.25) is 0 Å². The fraction of sp³-hybridized carbons (Fsp3) is 0.290. The molecule has 1 fully saturated rings. The summed E-state index contributed by atoms with van der Waals surface area (Å²) in [4.78, 5) is 28.4. The molecule has 1 aliphatic heterocycles. The quantitative estimate of drug-likeness (QED) is 0.229. The van der Waals surface area contributed by atoms with E-state index in [9.17, 15) is 14.7 Å². The molecular weight excluding hydrogens is 466 g/mol. The van der Waals surface area contributed by atoms with Gasteiger partial charge in [-0.3, -0.25) is 14.5 Å². The standard InChI is InChI=1S/C31H33NO5/c1-7-37-26-15-11-22(17-25(26)18(2)3)29(33)27-28(21-9-13-24(36-6)14-10-21)32(31(35)30(27)34)23-12-8-19(4)20(5)16-23/h8-18,28,33H,7H2,1-6H3/b29-27-. The molecular formula is C31H33NO5. The largest absolute Gasteiger partial charge is 0.507 e. The van der Waals surface area contributed by atoms with E-state index < -0.39 is 17.7 Å². The molecule has 1 N–H and O–H groups in total. The number of aliphatic hydroxyl groups is 1. The summed E-state index contributed by atoms with van der Waals surface area (Å²) in [6.45, 7) is 10.5. The van der Waals surface area contributed by atoms with Crippen molar-refractivity contribution in [3.05, 3.63) is 94.1 Å². The van der Waals surface area contributed by atoms with E-state index in [-0.39, 0.29) is 17.3 Å². The Labute approximate surface area is 218 Å². The van der Waals surface area contributed by atoms with Crippen molar-refractivity contribution in [1.82, 2.24) is 0 Å². The van der Waals surface area contributed by atoms with Gasteiger partial charge in [0.05, 0.1) is 25.3 Å². The zero-order valence-corrected chi connectivity index (χ0v) is 22.2. The molecule has 3 aromatic carbocycles. The summed E-state index contributed by atoms with van der Waals surface area (Å²) >= 11 is 0. The van der Waals surface area contributed by atoms with Crippen LogP contribution in [0.15, 0.2) is 66.2 Å². The van der Waals surface area contributed by atoms with Gasteiger partial charge in [-0.25, -0.2) is 0 Å². The molecule has 192 valence electrons. The molecule has 0 aromatic heterocycles. The van der Waals surface area contributed by atoms with Gasteiger partial charge in [-0.1, -0.05) is 32.0 Å². The topological polar surface area (TPSA) is 76.1 Å². The lowest BCUT2D eigenvalue weighted by molar-refractivity contribution is -0.132. The minimum Gasteiger partial charge on any atom is -0.507 e. The number of Topliss-reactive ketones (excluding diaryl/α,β-unsaturated/α-hetero) is 1. The number of carbonyl (C=O) groups excluding carboxylic acids is 2. The predicted molar refractivity (Wildman–Crippen MR) is 145 cm³/mol. The summed E-state index contributed by atoms with van der Waals surface area (Å²) in [6, 6.07) is 17.4. The highest BCUT2D eigenvalue weighted by Gasteiger charge is 2.47. The maximum absolute atomic E-state index is 13.5. The Kier molecular flexibility index (Phi) is 7.39. The molecule has 0 saturated carbocycles. The fourth-order valence-corrected chi connectivity index (χ4v) is 4.67. The van der Waals surface area contributed by atoms with Gasteiger partial charge in [0.1, 0.15) is 17.3 Å². The van der Waals surface area contributed by atoms with Crippen LogP contribution < -0.4 is 14.4 Å². The van der Waals surface area contributed by atoms with Crippen LogP contribution in [0.1, 0.15) is 60.5 Å². The number of methoxy groups -OCH3 is 1. The second-order valence-electron chi connectivity index (χ2n) is 9.55. The van der Waals surface area contributed by atoms with E-state index in [1.165, 1.54) is 4.90 Å². The highest BCUT2D eigenvalue weighted by Crippen LogP contribution is 2.43. The van der Waals surface area contributed by atoms with Gasteiger partial charge in [-0.2, -0.15) is 0 Å². The SMILES string of the molecule is CCOc1ccc(/C(O)=C2/C(=O)C(=O)N(c3ccc(C)c(C)c3)C2c2ccc(OC)cc2)cc1C(C)C. The number of ether oxygens (including phenoxy) is 2. The normalized spacial score (nSPS) is 16.9. The number of hydrogen-bond acceptors (Lipinski definition) is 5. The minimum atomic E-state index is -0.804. The number of carbonyl (C=O) groups is 2. The number of hydrogen-bond donors (Lipinski definition) is 1. The number of aliphatic hydroxyl groups excluding tert-OH is 1. The third kappa shape index (κ3) is 4.84. The third-order valence-electron chi connectivity index (χ3n) is 6.85. The first-order chi connectivity index (χ1) is 17.7. The van der Waals surface area contributed by atoms with Gasteiger partial charge in [0, 0.05) is 11.3 Å². The second kappa shape index (κ2) is 10.5. The van der Waals surface area contributed by atoms with E-state index >= 15 is 0 Å². The molecule has 0 spiro atoms. The molecule has 0 aliphatic carbocycles. The first-order valence-electron chi connectivity index (χ1n) is 12.5. The van der Waals surface area contributed by atoms with Crippen molar-refractivity contribution in [2.75, 3.05) is 18.6 Å². The number of anilines is 1. The molecule has 1 aliphatic rings. The summed E-state index contributed by atoms with van der Waals surface area (Å²) in [6.07, 6.45) is 0. The highest BCUT2D eigenvalue weighted by atomic mass is 16.5. The zero-order valence-electron chi connectivity index (χ0n) is 22.2. The molecule has 4 rings (SSSR count). The number of nitrogens with zero attached hydrogens (tertiary/aromatic N) is 1. The summed E-state index contributed by atoms with van der Waals surface area (Å²) in [7, 11) is 1.58. The van der Waals surface area contributed by atoms with Gasteiger partial charge < -0.3 is 14.6 Å². The first kappa shape index (κ1) is 26.0. The van der Waals surface area contributed by atoms with E-state index in [0.29, 0.717) is 29.2 Å². The average molecular weight is 500 g/mol. The number of ketones is 1. The Morgan fingerprint density at radius 2 is 1.68 bits per heavy atom. The van der Waals surface area contributed by atoms with E-state index in [0.717, 1.165) is 22.4 Å². The van der Waals surface area contributed by atoms with Crippen LogP contribution in [-0.2, 0) is 9.59 Å². The van der Waals surface area contributed by atoms with Crippen LogP contribution in [0.3, 0.4) is 0 Å². The van der Waals surface area contributed by atoms with Crippen LogP contribution in [0, 0.1) is 13.8 Å². The predicted octanol–water partition coefficient (Wildman–Crippen LogP) is 6.46. The number of aryl methyl sites for hydroxylation is 2. The van der Waals surface area contributed by atoms with E-state index in [1.54, 1.807) is 31.4 Å². The molecule has 1 unspecified atom stereocenters. The summed E-state index contributed by atoms with van der Waals surface area (Å²) < 4.78 is 11.1. The van der Waals surface area contributed by atoms with Gasteiger partial charge in [-0.05, 0) is 91.4 Å². The summed E-state index contributed by atoms with van der Waals surface area (Å²) in [5.74, 6) is -0.103. The number of rotatable bonds is 7. The van der Waals surface area contributed by atoms with Gasteiger partial charge >= 0.3 is 0 Å². The molecule has 0 radical (unpaired) electrons. The Hall–Kier alpha value is -4.06. The lowest BCUT2D eigenvalue weighted by atomic mass is 9.93. The van der Waals surface area contributed by atoms with E-state index in [2.05, 4.69) is 0 Å². The van der Waals surface area contributed by atoms with Crippen molar-refractivity contribution < 1.29 is 24.2 Å². The summed E-state index contributed by atoms with van der Waals surface area (Å²) in [5.41, 5.74) is 4.79. The van der Waals surface area contributed by atoms with E-state index in [1.807, 2.05) is 71.0 Å². The fourth-order valence-electron chi connectivity index (χ4n) is 4.67. The zero-order chi connectivity index (χ0) is 26.9. The Balaban J connectivity index is 1.93. The van der Waals surface area contributed by atoms with Crippen LogP contribution in [0.5, 0.6) is 11.5 Å². The highest BCUT2D eigenvalue weighted by molar-refractivity contribution is 6.51.